The number of carbonyl (C=O) groups is 2. The van der Waals surface area contributed by atoms with Gasteiger partial charge in [-0.2, -0.15) is 0 Å². The molecular formula is C18H17NO3. The maximum atomic E-state index is 12.1. The Hall–Kier alpha value is -2.36. The summed E-state index contributed by atoms with van der Waals surface area (Å²) in [7, 11) is 1.33. The maximum Gasteiger partial charge on any atom is 0.334 e. The van der Waals surface area contributed by atoms with Gasteiger partial charge in [0.25, 0.3) is 0 Å². The van der Waals surface area contributed by atoms with Crippen molar-refractivity contribution in [1.82, 2.24) is 4.90 Å². The average Bonchev–Trinajstić information content (AvgIpc) is 2.88. The Balaban J connectivity index is 1.80. The first kappa shape index (κ1) is 14.6. The van der Waals surface area contributed by atoms with Crippen molar-refractivity contribution in [2.45, 2.75) is 12.8 Å². The van der Waals surface area contributed by atoms with Crippen LogP contribution >= 0.6 is 0 Å². The number of carbonyl (C=O) groups excluding carboxylic acids is 2. The molecule has 3 aliphatic rings. The first-order valence-corrected chi connectivity index (χ1v) is 7.18. The minimum Gasteiger partial charge on any atom is -0.467 e. The SMILES string of the molecule is C=C1C=C2C=CC=C[C]2C=C1CN1[C](C(=O)OC)CCC1=O. The fraction of sp³-hybridized carbons (Fsp3) is 0.222. The number of amides is 1. The summed E-state index contributed by atoms with van der Waals surface area (Å²) in [5, 5.41) is 0. The zero-order valence-electron chi connectivity index (χ0n) is 12.5. The zero-order chi connectivity index (χ0) is 15.7. The third-order valence-electron chi connectivity index (χ3n) is 4.02. The molecule has 0 spiro atoms. The van der Waals surface area contributed by atoms with E-state index < -0.39 is 5.97 Å². The number of ether oxygens (including phenoxy) is 1. The highest BCUT2D eigenvalue weighted by Crippen LogP contribution is 2.34. The molecule has 0 saturated carbocycles. The van der Waals surface area contributed by atoms with E-state index in [1.165, 1.54) is 12.0 Å². The Morgan fingerprint density at radius 3 is 2.82 bits per heavy atom. The van der Waals surface area contributed by atoms with E-state index in [0.717, 1.165) is 22.6 Å². The topological polar surface area (TPSA) is 46.6 Å². The van der Waals surface area contributed by atoms with Crippen molar-refractivity contribution in [1.29, 1.82) is 0 Å². The van der Waals surface area contributed by atoms with Crippen LogP contribution in [0.15, 0.2) is 59.8 Å². The lowest BCUT2D eigenvalue weighted by atomic mass is 9.84. The van der Waals surface area contributed by atoms with E-state index in [2.05, 4.69) is 6.58 Å². The Morgan fingerprint density at radius 1 is 1.27 bits per heavy atom. The van der Waals surface area contributed by atoms with E-state index in [1.807, 2.05) is 36.5 Å². The molecule has 4 nitrogen and oxygen atoms in total. The predicted molar refractivity (Wildman–Crippen MR) is 83.0 cm³/mol. The maximum absolute atomic E-state index is 12.1. The summed E-state index contributed by atoms with van der Waals surface area (Å²) in [6, 6.07) is 0.431. The van der Waals surface area contributed by atoms with E-state index in [9.17, 15) is 9.59 Å². The van der Waals surface area contributed by atoms with Crippen LogP contribution in [0.1, 0.15) is 12.8 Å². The first-order valence-electron chi connectivity index (χ1n) is 7.18. The number of likely N-dealkylation sites (tertiary alicyclic amines) is 1. The molecule has 0 bridgehead atoms. The molecule has 1 aliphatic heterocycles. The molecule has 0 aromatic heterocycles. The van der Waals surface area contributed by atoms with Gasteiger partial charge >= 0.3 is 5.97 Å². The molecule has 0 aromatic carbocycles. The monoisotopic (exact) mass is 295 g/mol. The first-order chi connectivity index (χ1) is 10.6. The van der Waals surface area contributed by atoms with E-state index in [1.54, 1.807) is 0 Å². The molecule has 1 heterocycles. The Labute approximate surface area is 130 Å². The summed E-state index contributed by atoms with van der Waals surface area (Å²) >= 11 is 0. The van der Waals surface area contributed by atoms with Gasteiger partial charge in [-0.1, -0.05) is 43.0 Å². The van der Waals surface area contributed by atoms with Gasteiger partial charge < -0.3 is 9.64 Å². The lowest BCUT2D eigenvalue weighted by Gasteiger charge is -2.27. The van der Waals surface area contributed by atoms with Crippen molar-refractivity contribution < 1.29 is 14.3 Å². The fourth-order valence-corrected chi connectivity index (χ4v) is 2.81. The Bertz CT molecular complexity index is 651. The second kappa shape index (κ2) is 5.79. The van der Waals surface area contributed by atoms with Crippen molar-refractivity contribution in [2.24, 2.45) is 0 Å². The molecule has 4 heteroatoms. The van der Waals surface area contributed by atoms with Crippen LogP contribution < -0.4 is 0 Å². The van der Waals surface area contributed by atoms with E-state index >= 15 is 0 Å². The highest BCUT2D eigenvalue weighted by atomic mass is 16.5. The fourth-order valence-electron chi connectivity index (χ4n) is 2.81. The molecule has 112 valence electrons. The lowest BCUT2D eigenvalue weighted by Crippen LogP contribution is -2.35. The summed E-state index contributed by atoms with van der Waals surface area (Å²) < 4.78 is 4.77. The van der Waals surface area contributed by atoms with Crippen molar-refractivity contribution >= 4 is 11.9 Å². The van der Waals surface area contributed by atoms with Gasteiger partial charge in [-0.05, 0) is 23.1 Å². The third kappa shape index (κ3) is 2.56. The van der Waals surface area contributed by atoms with Crippen LogP contribution in [0.2, 0.25) is 0 Å². The standard InChI is InChI=1S/C18H17NO3/c1-12-9-13-5-3-4-6-14(13)10-15(12)11-19-16(18(21)22-2)7-8-17(19)20/h3-6,9-10H,1,7-8,11H2,2H3. The molecule has 0 N–H and O–H groups in total. The number of esters is 1. The molecular weight excluding hydrogens is 278 g/mol. The molecule has 1 fully saturated rings. The molecule has 3 rings (SSSR count). The number of rotatable bonds is 3. The van der Waals surface area contributed by atoms with Crippen LogP contribution in [0.4, 0.5) is 0 Å². The lowest BCUT2D eigenvalue weighted by molar-refractivity contribution is -0.143. The summed E-state index contributed by atoms with van der Waals surface area (Å²) in [5.74, 6) is 0.612. The van der Waals surface area contributed by atoms with Gasteiger partial charge in [0.1, 0.15) is 0 Å². The van der Waals surface area contributed by atoms with E-state index in [4.69, 9.17) is 4.74 Å². The Kier molecular flexibility index (Phi) is 3.84. The van der Waals surface area contributed by atoms with Crippen LogP contribution in [0.25, 0.3) is 0 Å². The molecule has 1 amide bonds. The molecule has 0 aromatic rings. The van der Waals surface area contributed by atoms with Gasteiger partial charge in [0.05, 0.1) is 7.11 Å². The van der Waals surface area contributed by atoms with E-state index in [-0.39, 0.29) is 5.91 Å². The molecule has 2 radical (unpaired) electrons. The molecule has 0 unspecified atom stereocenters. The van der Waals surface area contributed by atoms with Crippen LogP contribution in [-0.4, -0.2) is 30.4 Å². The summed E-state index contributed by atoms with van der Waals surface area (Å²) in [5.41, 5.74) is 2.92. The zero-order valence-corrected chi connectivity index (χ0v) is 12.5. The quantitative estimate of drug-likeness (QED) is 0.751. The van der Waals surface area contributed by atoms with Gasteiger partial charge in [-0.3, -0.25) is 4.79 Å². The van der Waals surface area contributed by atoms with Crippen molar-refractivity contribution in [3.05, 3.63) is 71.7 Å². The van der Waals surface area contributed by atoms with Crippen LogP contribution in [0, 0.1) is 12.0 Å². The number of hydrogen-bond donors (Lipinski definition) is 0. The normalized spacial score (nSPS) is 21.8. The van der Waals surface area contributed by atoms with Crippen molar-refractivity contribution in [3.8, 4) is 0 Å². The third-order valence-corrected chi connectivity index (χ3v) is 4.02. The summed E-state index contributed by atoms with van der Waals surface area (Å²) in [6.45, 7) is 4.42. The van der Waals surface area contributed by atoms with Gasteiger partial charge in [0, 0.05) is 18.9 Å². The largest absolute Gasteiger partial charge is 0.467 e. The van der Waals surface area contributed by atoms with E-state index in [0.29, 0.717) is 25.4 Å². The number of allylic oxidation sites excluding steroid dienone is 7. The average molecular weight is 295 g/mol. The number of nitrogens with zero attached hydrogens (tertiary/aromatic N) is 1. The van der Waals surface area contributed by atoms with Crippen molar-refractivity contribution in [2.75, 3.05) is 13.7 Å². The van der Waals surface area contributed by atoms with Gasteiger partial charge in [-0.15, -0.1) is 0 Å². The molecule has 0 atom stereocenters. The van der Waals surface area contributed by atoms with Gasteiger partial charge in [0.15, 0.2) is 6.04 Å². The number of methoxy groups -OCH3 is 1. The minimum absolute atomic E-state index is 0.0482. The summed E-state index contributed by atoms with van der Waals surface area (Å²) in [6.07, 6.45) is 12.8. The van der Waals surface area contributed by atoms with Crippen LogP contribution in [0.5, 0.6) is 0 Å². The number of hydrogen-bond acceptors (Lipinski definition) is 3. The predicted octanol–water partition coefficient (Wildman–Crippen LogP) is 2.44. The van der Waals surface area contributed by atoms with Gasteiger partial charge in [0.2, 0.25) is 5.91 Å². The second-order valence-corrected chi connectivity index (χ2v) is 5.39. The second-order valence-electron chi connectivity index (χ2n) is 5.39. The highest BCUT2D eigenvalue weighted by molar-refractivity contribution is 5.94. The smallest absolute Gasteiger partial charge is 0.334 e. The number of fused-ring (bicyclic) bond motifs is 1. The van der Waals surface area contributed by atoms with Crippen LogP contribution in [0.3, 0.4) is 0 Å². The highest BCUT2D eigenvalue weighted by Gasteiger charge is 2.38. The minimum atomic E-state index is -0.433. The summed E-state index contributed by atoms with van der Waals surface area (Å²) in [4.78, 5) is 25.4. The Morgan fingerprint density at radius 2 is 2.05 bits per heavy atom. The molecule has 2 aliphatic carbocycles. The van der Waals surface area contributed by atoms with Crippen molar-refractivity contribution in [3.63, 3.8) is 0 Å². The molecule has 22 heavy (non-hydrogen) atoms. The van der Waals surface area contributed by atoms with Gasteiger partial charge in [-0.25, -0.2) is 4.79 Å². The molecule has 1 saturated heterocycles. The van der Waals surface area contributed by atoms with Crippen LogP contribution in [-0.2, 0) is 14.3 Å².